The van der Waals surface area contributed by atoms with Crippen LogP contribution in [0.25, 0.3) is 0 Å². The van der Waals surface area contributed by atoms with Crippen LogP contribution in [0.3, 0.4) is 0 Å². The molecule has 2 saturated heterocycles. The van der Waals surface area contributed by atoms with Gasteiger partial charge in [-0.25, -0.2) is 0 Å². The molecule has 2 aliphatic heterocycles. The van der Waals surface area contributed by atoms with E-state index in [2.05, 4.69) is 11.8 Å². The Morgan fingerprint density at radius 3 is 2.25 bits per heavy atom. The molecular weight excluding hydrogens is 198 g/mol. The van der Waals surface area contributed by atoms with Crippen molar-refractivity contribution < 1.29 is 4.74 Å². The van der Waals surface area contributed by atoms with Crippen LogP contribution in [0.5, 0.6) is 0 Å². The Balaban J connectivity index is 1.49. The number of rotatable bonds is 1. The van der Waals surface area contributed by atoms with Crippen molar-refractivity contribution in [1.82, 2.24) is 4.90 Å². The molecule has 2 heteroatoms. The number of nitrogens with zero attached hydrogens (tertiary/aromatic N) is 1. The van der Waals surface area contributed by atoms with Gasteiger partial charge in [-0.2, -0.15) is 0 Å². The van der Waals surface area contributed by atoms with Gasteiger partial charge < -0.3 is 4.74 Å². The van der Waals surface area contributed by atoms with E-state index in [-0.39, 0.29) is 0 Å². The zero-order chi connectivity index (χ0) is 11.0. The van der Waals surface area contributed by atoms with E-state index in [1.54, 1.807) is 0 Å². The highest BCUT2D eigenvalue weighted by molar-refractivity contribution is 4.99. The summed E-state index contributed by atoms with van der Waals surface area (Å²) in [7, 11) is 0. The second-order valence-electron chi connectivity index (χ2n) is 6.43. The minimum Gasteiger partial charge on any atom is -0.381 e. The largest absolute Gasteiger partial charge is 0.381 e. The molecule has 1 spiro atoms. The molecule has 0 atom stereocenters. The van der Waals surface area contributed by atoms with E-state index < -0.39 is 0 Å². The summed E-state index contributed by atoms with van der Waals surface area (Å²) >= 11 is 0. The smallest absolute Gasteiger partial charge is 0.0480 e. The first kappa shape index (κ1) is 11.0. The van der Waals surface area contributed by atoms with Gasteiger partial charge in [0.1, 0.15) is 0 Å². The summed E-state index contributed by atoms with van der Waals surface area (Å²) in [4.78, 5) is 2.73. The van der Waals surface area contributed by atoms with E-state index in [4.69, 9.17) is 4.74 Å². The summed E-state index contributed by atoms with van der Waals surface area (Å²) < 4.78 is 5.44. The molecule has 0 aromatic carbocycles. The maximum atomic E-state index is 5.44. The molecule has 2 heterocycles. The van der Waals surface area contributed by atoms with Crippen molar-refractivity contribution in [3.05, 3.63) is 0 Å². The van der Waals surface area contributed by atoms with Crippen LogP contribution in [0.4, 0.5) is 0 Å². The topological polar surface area (TPSA) is 12.5 Å². The molecule has 3 rings (SSSR count). The van der Waals surface area contributed by atoms with E-state index in [0.29, 0.717) is 0 Å². The fraction of sp³-hybridized carbons (Fsp3) is 1.00. The minimum atomic E-state index is 0.741. The number of hydrogen-bond acceptors (Lipinski definition) is 2. The molecule has 0 unspecified atom stereocenters. The number of ether oxygens (including phenoxy) is 1. The van der Waals surface area contributed by atoms with E-state index in [1.165, 1.54) is 51.6 Å². The van der Waals surface area contributed by atoms with Crippen LogP contribution in [-0.4, -0.2) is 37.2 Å². The predicted molar refractivity (Wildman–Crippen MR) is 65.5 cm³/mol. The maximum Gasteiger partial charge on any atom is 0.0480 e. The zero-order valence-electron chi connectivity index (χ0n) is 10.6. The van der Waals surface area contributed by atoms with Gasteiger partial charge in [-0.1, -0.05) is 19.8 Å². The van der Waals surface area contributed by atoms with Gasteiger partial charge in [0.15, 0.2) is 0 Å². The quantitative estimate of drug-likeness (QED) is 0.677. The Bertz CT molecular complexity index is 231. The second-order valence-corrected chi connectivity index (χ2v) is 6.43. The molecule has 0 aromatic rings. The van der Waals surface area contributed by atoms with Gasteiger partial charge in [0.2, 0.25) is 0 Å². The Hall–Kier alpha value is -0.0800. The summed E-state index contributed by atoms with van der Waals surface area (Å²) in [5.74, 6) is 0.989. The van der Waals surface area contributed by atoms with Gasteiger partial charge >= 0.3 is 0 Å². The molecule has 1 saturated carbocycles. The van der Waals surface area contributed by atoms with E-state index >= 15 is 0 Å². The van der Waals surface area contributed by atoms with Gasteiger partial charge in [0.05, 0.1) is 0 Å². The van der Waals surface area contributed by atoms with Gasteiger partial charge in [0.25, 0.3) is 0 Å². The fourth-order valence-corrected chi connectivity index (χ4v) is 3.81. The Kier molecular flexibility index (Phi) is 2.97. The van der Waals surface area contributed by atoms with Crippen LogP contribution < -0.4 is 0 Å². The van der Waals surface area contributed by atoms with Crippen molar-refractivity contribution in [3.63, 3.8) is 0 Å². The first-order valence-corrected chi connectivity index (χ1v) is 7.09. The summed E-state index contributed by atoms with van der Waals surface area (Å²) in [6.45, 7) is 7.19. The lowest BCUT2D eigenvalue weighted by Crippen LogP contribution is -2.61. The molecule has 0 amide bonds. The van der Waals surface area contributed by atoms with Crippen LogP contribution in [0.1, 0.15) is 45.4 Å². The SMILES string of the molecule is CC1CCC2(CC1)CN(C1CCOCC1)C2. The third-order valence-electron chi connectivity index (χ3n) is 5.12. The lowest BCUT2D eigenvalue weighted by atomic mass is 9.65. The average Bonchev–Trinajstić information content (AvgIpc) is 2.29. The van der Waals surface area contributed by atoms with Crippen molar-refractivity contribution in [2.45, 2.75) is 51.5 Å². The van der Waals surface area contributed by atoms with Crippen LogP contribution in [-0.2, 0) is 4.74 Å². The Morgan fingerprint density at radius 1 is 1.00 bits per heavy atom. The number of hydrogen-bond donors (Lipinski definition) is 0. The van der Waals surface area contributed by atoms with E-state index in [9.17, 15) is 0 Å². The molecular formula is C14H25NO. The third-order valence-corrected chi connectivity index (χ3v) is 5.12. The minimum absolute atomic E-state index is 0.741. The molecule has 0 N–H and O–H groups in total. The fourth-order valence-electron chi connectivity index (χ4n) is 3.81. The van der Waals surface area contributed by atoms with Crippen molar-refractivity contribution in [2.24, 2.45) is 11.3 Å². The molecule has 3 aliphatic rings. The summed E-state index contributed by atoms with van der Waals surface area (Å²) in [6, 6.07) is 0.846. The lowest BCUT2D eigenvalue weighted by Gasteiger charge is -2.56. The van der Waals surface area contributed by atoms with Gasteiger partial charge in [-0.15, -0.1) is 0 Å². The highest BCUT2D eigenvalue weighted by Gasteiger charge is 2.46. The number of likely N-dealkylation sites (tertiary alicyclic amines) is 1. The van der Waals surface area contributed by atoms with Gasteiger partial charge in [-0.3, -0.25) is 4.90 Å². The van der Waals surface area contributed by atoms with Crippen LogP contribution >= 0.6 is 0 Å². The lowest BCUT2D eigenvalue weighted by molar-refractivity contribution is -0.0854. The first-order valence-electron chi connectivity index (χ1n) is 7.09. The first-order chi connectivity index (χ1) is 7.77. The normalized spacial score (nSPS) is 32.8. The van der Waals surface area contributed by atoms with Crippen LogP contribution in [0.15, 0.2) is 0 Å². The standard InChI is InChI=1S/C14H25NO/c1-12-2-6-14(7-3-12)10-15(11-14)13-4-8-16-9-5-13/h12-13H,2-11H2,1H3. The second kappa shape index (κ2) is 4.30. The molecule has 0 aromatic heterocycles. The van der Waals surface area contributed by atoms with Crippen LogP contribution in [0.2, 0.25) is 0 Å². The zero-order valence-corrected chi connectivity index (χ0v) is 10.6. The predicted octanol–water partition coefficient (Wildman–Crippen LogP) is 2.68. The molecule has 16 heavy (non-hydrogen) atoms. The molecule has 1 aliphatic carbocycles. The highest BCUT2D eigenvalue weighted by Crippen LogP contribution is 2.46. The third kappa shape index (κ3) is 2.02. The van der Waals surface area contributed by atoms with Crippen molar-refractivity contribution >= 4 is 0 Å². The van der Waals surface area contributed by atoms with E-state index in [1.807, 2.05) is 0 Å². The van der Waals surface area contributed by atoms with Crippen molar-refractivity contribution in [3.8, 4) is 0 Å². The van der Waals surface area contributed by atoms with Gasteiger partial charge in [-0.05, 0) is 37.0 Å². The van der Waals surface area contributed by atoms with Crippen molar-refractivity contribution in [2.75, 3.05) is 26.3 Å². The summed E-state index contributed by atoms with van der Waals surface area (Å²) in [5.41, 5.74) is 0.741. The van der Waals surface area contributed by atoms with Crippen molar-refractivity contribution in [1.29, 1.82) is 0 Å². The summed E-state index contributed by atoms with van der Waals surface area (Å²) in [5, 5.41) is 0. The highest BCUT2D eigenvalue weighted by atomic mass is 16.5. The molecule has 2 nitrogen and oxygen atoms in total. The molecule has 0 bridgehead atoms. The maximum absolute atomic E-state index is 5.44. The molecule has 3 fully saturated rings. The Morgan fingerprint density at radius 2 is 1.62 bits per heavy atom. The average molecular weight is 223 g/mol. The molecule has 0 radical (unpaired) electrons. The monoisotopic (exact) mass is 223 g/mol. The summed E-state index contributed by atoms with van der Waals surface area (Å²) in [6.07, 6.45) is 8.48. The van der Waals surface area contributed by atoms with Gasteiger partial charge in [0, 0.05) is 32.3 Å². The van der Waals surface area contributed by atoms with E-state index in [0.717, 1.165) is 30.6 Å². The van der Waals surface area contributed by atoms with Crippen LogP contribution in [0, 0.1) is 11.3 Å². The molecule has 92 valence electrons. The Labute approximate surface area is 99.3 Å².